The van der Waals surface area contributed by atoms with Crippen LogP contribution in [0.5, 0.6) is 0 Å². The van der Waals surface area contributed by atoms with Gasteiger partial charge in [0.15, 0.2) is 0 Å². The number of imidazole rings is 1. The minimum Gasteiger partial charge on any atom is -0.369 e. The molecule has 2 N–H and O–H groups in total. The van der Waals surface area contributed by atoms with Crippen LogP contribution in [0.25, 0.3) is 27.6 Å². The van der Waals surface area contributed by atoms with E-state index in [4.69, 9.17) is 5.73 Å². The number of hydrogen-bond donors (Lipinski definition) is 1. The molecule has 0 amide bonds. The lowest BCUT2D eigenvalue weighted by Gasteiger charge is -2.09. The topological polar surface area (TPSA) is 69.6 Å². The van der Waals surface area contributed by atoms with Gasteiger partial charge in [0.2, 0.25) is 5.95 Å². The van der Waals surface area contributed by atoms with Gasteiger partial charge in [-0.15, -0.1) is 0 Å². The van der Waals surface area contributed by atoms with Crippen molar-refractivity contribution in [3.63, 3.8) is 0 Å². The van der Waals surface area contributed by atoms with E-state index in [9.17, 15) is 0 Å². The molecule has 0 aliphatic heterocycles. The predicted molar refractivity (Wildman–Crippen MR) is 86.3 cm³/mol. The van der Waals surface area contributed by atoms with Gasteiger partial charge in [0.25, 0.3) is 0 Å². The van der Waals surface area contributed by atoms with E-state index >= 15 is 0 Å². The number of benzene rings is 1. The molecule has 0 saturated heterocycles. The summed E-state index contributed by atoms with van der Waals surface area (Å²) in [5, 5.41) is 1.04. The molecule has 0 aliphatic rings. The molecule has 0 fully saturated rings. The summed E-state index contributed by atoms with van der Waals surface area (Å²) in [6.45, 7) is 0. The number of anilines is 1. The molecule has 3 heterocycles. The zero-order valence-corrected chi connectivity index (χ0v) is 12.4. The van der Waals surface area contributed by atoms with Crippen LogP contribution < -0.4 is 5.73 Å². The molecule has 0 radical (unpaired) electrons. The minimum atomic E-state index is 0.426. The summed E-state index contributed by atoms with van der Waals surface area (Å²) in [5.74, 6) is 0.426. The molecule has 0 aliphatic carbocycles. The lowest BCUT2D eigenvalue weighted by atomic mass is 10.2. The van der Waals surface area contributed by atoms with Crippen molar-refractivity contribution in [3.05, 3.63) is 53.4 Å². The quantitative estimate of drug-likeness (QED) is 0.577. The third-order valence-electron chi connectivity index (χ3n) is 3.38. The van der Waals surface area contributed by atoms with Gasteiger partial charge >= 0.3 is 0 Å². The van der Waals surface area contributed by atoms with Gasteiger partial charge in [-0.25, -0.2) is 4.98 Å². The highest BCUT2D eigenvalue weighted by Crippen LogP contribution is 2.28. The lowest BCUT2D eigenvalue weighted by molar-refractivity contribution is 1.11. The lowest BCUT2D eigenvalue weighted by Crippen LogP contribution is -2.02. The second-order valence-corrected chi connectivity index (χ2v) is 5.59. The van der Waals surface area contributed by atoms with Crippen LogP contribution in [0.1, 0.15) is 0 Å². The van der Waals surface area contributed by atoms with Crippen molar-refractivity contribution in [2.24, 2.45) is 0 Å². The van der Waals surface area contributed by atoms with Crippen LogP contribution in [0.4, 0.5) is 5.95 Å². The second-order valence-electron chi connectivity index (χ2n) is 4.67. The Labute approximate surface area is 128 Å². The Morgan fingerprint density at radius 1 is 1.14 bits per heavy atom. The maximum absolute atomic E-state index is 6.09. The molecule has 21 heavy (non-hydrogen) atoms. The average molecular weight is 340 g/mol. The number of fused-ring (bicyclic) bond motifs is 2. The monoisotopic (exact) mass is 339 g/mol. The zero-order valence-electron chi connectivity index (χ0n) is 10.9. The van der Waals surface area contributed by atoms with E-state index in [1.54, 1.807) is 18.6 Å². The summed E-state index contributed by atoms with van der Waals surface area (Å²) in [6.07, 6.45) is 5.22. The molecule has 4 rings (SSSR count). The first-order valence-corrected chi connectivity index (χ1v) is 7.16. The van der Waals surface area contributed by atoms with Crippen molar-refractivity contribution < 1.29 is 0 Å². The van der Waals surface area contributed by atoms with Crippen molar-refractivity contribution in [2.75, 3.05) is 5.73 Å². The van der Waals surface area contributed by atoms with Crippen molar-refractivity contribution in [3.8, 4) is 5.69 Å². The van der Waals surface area contributed by atoms with E-state index in [1.165, 1.54) is 0 Å². The smallest absolute Gasteiger partial charge is 0.206 e. The number of halogens is 1. The summed E-state index contributed by atoms with van der Waals surface area (Å²) in [6, 6.07) is 9.92. The van der Waals surface area contributed by atoms with Gasteiger partial charge in [0.1, 0.15) is 5.52 Å². The molecule has 3 aromatic heterocycles. The molecule has 0 atom stereocenters. The molecule has 0 spiro atoms. The summed E-state index contributed by atoms with van der Waals surface area (Å²) >= 11 is 3.45. The first-order chi connectivity index (χ1) is 10.2. The molecule has 0 bridgehead atoms. The van der Waals surface area contributed by atoms with Crippen LogP contribution in [0.2, 0.25) is 0 Å². The molecule has 0 saturated carbocycles. The predicted octanol–water partition coefficient (Wildman–Crippen LogP) is 3.31. The molecular formula is C15H10BrN5. The summed E-state index contributed by atoms with van der Waals surface area (Å²) < 4.78 is 2.85. The van der Waals surface area contributed by atoms with Gasteiger partial charge in [0.05, 0.1) is 22.9 Å². The standard InChI is InChI=1S/C15H10BrN5/c16-10-6-9-2-1-3-13(14(9)19-7-10)21-12-4-5-18-8-11(12)20-15(21)17/h1-8H,(H2,17,20). The fourth-order valence-corrected chi connectivity index (χ4v) is 2.85. The molecule has 1 aromatic carbocycles. The van der Waals surface area contributed by atoms with Gasteiger partial charge in [-0.1, -0.05) is 12.1 Å². The third kappa shape index (κ3) is 1.87. The van der Waals surface area contributed by atoms with Crippen LogP contribution >= 0.6 is 15.9 Å². The number of nitrogens with two attached hydrogens (primary N) is 1. The average Bonchev–Trinajstić information content (AvgIpc) is 2.82. The van der Waals surface area contributed by atoms with Gasteiger partial charge in [0, 0.05) is 22.3 Å². The van der Waals surface area contributed by atoms with E-state index in [1.807, 2.05) is 34.9 Å². The maximum Gasteiger partial charge on any atom is 0.206 e. The zero-order chi connectivity index (χ0) is 14.4. The Hall–Kier alpha value is -2.47. The fourth-order valence-electron chi connectivity index (χ4n) is 2.50. The van der Waals surface area contributed by atoms with Gasteiger partial charge in [-0.3, -0.25) is 14.5 Å². The van der Waals surface area contributed by atoms with E-state index in [0.717, 1.165) is 32.1 Å². The van der Waals surface area contributed by atoms with Crippen molar-refractivity contribution in [2.45, 2.75) is 0 Å². The van der Waals surface area contributed by atoms with Crippen LogP contribution in [-0.2, 0) is 0 Å². The van der Waals surface area contributed by atoms with E-state index in [0.29, 0.717) is 5.95 Å². The summed E-state index contributed by atoms with van der Waals surface area (Å²) in [5.41, 5.74) is 9.56. The molecule has 102 valence electrons. The Morgan fingerprint density at radius 2 is 2.05 bits per heavy atom. The molecule has 0 unspecified atom stereocenters. The minimum absolute atomic E-state index is 0.426. The number of nitrogen functional groups attached to an aromatic ring is 1. The highest BCUT2D eigenvalue weighted by Gasteiger charge is 2.13. The van der Waals surface area contributed by atoms with Gasteiger partial charge < -0.3 is 5.73 Å². The highest BCUT2D eigenvalue weighted by atomic mass is 79.9. The number of nitrogens with zero attached hydrogens (tertiary/aromatic N) is 4. The maximum atomic E-state index is 6.09. The Morgan fingerprint density at radius 3 is 2.95 bits per heavy atom. The van der Waals surface area contributed by atoms with Crippen LogP contribution in [0, 0.1) is 0 Å². The molecular weight excluding hydrogens is 330 g/mol. The first kappa shape index (κ1) is 12.3. The number of hydrogen-bond acceptors (Lipinski definition) is 4. The van der Waals surface area contributed by atoms with Crippen LogP contribution in [-0.4, -0.2) is 19.5 Å². The van der Waals surface area contributed by atoms with Gasteiger partial charge in [-0.2, -0.15) is 0 Å². The normalized spacial score (nSPS) is 11.3. The Kier molecular flexibility index (Phi) is 2.65. The molecule has 6 heteroatoms. The SMILES string of the molecule is Nc1nc2cnccc2n1-c1cccc2cc(Br)cnc12. The van der Waals surface area contributed by atoms with Crippen molar-refractivity contribution in [1.82, 2.24) is 19.5 Å². The van der Waals surface area contributed by atoms with Crippen molar-refractivity contribution in [1.29, 1.82) is 0 Å². The third-order valence-corrected chi connectivity index (χ3v) is 3.81. The highest BCUT2D eigenvalue weighted by molar-refractivity contribution is 9.10. The first-order valence-electron chi connectivity index (χ1n) is 6.36. The number of rotatable bonds is 1. The second kappa shape index (κ2) is 4.53. The fraction of sp³-hybridized carbons (Fsp3) is 0. The van der Waals surface area contributed by atoms with Crippen molar-refractivity contribution >= 4 is 43.8 Å². The molecule has 4 aromatic rings. The summed E-state index contributed by atoms with van der Waals surface area (Å²) in [4.78, 5) is 13.0. The van der Waals surface area contributed by atoms with E-state index in [2.05, 4.69) is 30.9 Å². The van der Waals surface area contributed by atoms with Crippen LogP contribution in [0.15, 0.2) is 53.4 Å². The largest absolute Gasteiger partial charge is 0.369 e. The Bertz CT molecular complexity index is 976. The number of aromatic nitrogens is 4. The Balaban J connectivity index is 2.12. The number of para-hydroxylation sites is 1. The van der Waals surface area contributed by atoms with E-state index in [-0.39, 0.29) is 0 Å². The van der Waals surface area contributed by atoms with Gasteiger partial charge in [-0.05, 0) is 34.1 Å². The van der Waals surface area contributed by atoms with Crippen LogP contribution in [0.3, 0.4) is 0 Å². The van der Waals surface area contributed by atoms with E-state index < -0.39 is 0 Å². The summed E-state index contributed by atoms with van der Waals surface area (Å²) in [7, 11) is 0. The molecule has 5 nitrogen and oxygen atoms in total. The number of pyridine rings is 2.